The van der Waals surface area contributed by atoms with Crippen molar-refractivity contribution in [3.63, 3.8) is 0 Å². The van der Waals surface area contributed by atoms with Crippen LogP contribution in [0.5, 0.6) is 0 Å². The fraction of sp³-hybridized carbons (Fsp3) is 0.950. The Kier molecular flexibility index (Phi) is 8.50. The summed E-state index contributed by atoms with van der Waals surface area (Å²) in [5.41, 5.74) is 0. The predicted octanol–water partition coefficient (Wildman–Crippen LogP) is 2.35. The minimum atomic E-state index is 0.520. The van der Waals surface area contributed by atoms with Gasteiger partial charge in [0.05, 0.1) is 6.54 Å². The Balaban J connectivity index is 1.83. The number of piperazine rings is 1. The number of nitrogens with one attached hydrogen (secondary N) is 1. The van der Waals surface area contributed by atoms with Gasteiger partial charge >= 0.3 is 0 Å². The lowest BCUT2D eigenvalue weighted by Gasteiger charge is -2.36. The van der Waals surface area contributed by atoms with Crippen molar-refractivity contribution in [2.75, 3.05) is 59.9 Å². The first-order chi connectivity index (χ1) is 12.0. The maximum absolute atomic E-state index is 4.96. The number of rotatable bonds is 6. The molecule has 1 saturated heterocycles. The number of hydrogen-bond acceptors (Lipinski definition) is 3. The molecule has 0 amide bonds. The van der Waals surface area contributed by atoms with Gasteiger partial charge in [-0.15, -0.1) is 0 Å². The second kappa shape index (κ2) is 10.4. The summed E-state index contributed by atoms with van der Waals surface area (Å²) >= 11 is 0. The average molecular weight is 352 g/mol. The molecular weight excluding hydrogens is 310 g/mol. The van der Waals surface area contributed by atoms with E-state index in [0.29, 0.717) is 6.04 Å². The van der Waals surface area contributed by atoms with Crippen molar-refractivity contribution in [3.05, 3.63) is 0 Å². The fourth-order valence-electron chi connectivity index (χ4n) is 4.05. The molecule has 1 atom stereocenters. The first-order valence-electron chi connectivity index (χ1n) is 10.4. The number of aliphatic imine (C=N–C) groups is 1. The van der Waals surface area contributed by atoms with E-state index in [0.717, 1.165) is 37.4 Å². The molecule has 1 N–H and O–H groups in total. The highest BCUT2D eigenvalue weighted by atomic mass is 15.3. The molecule has 0 bridgehead atoms. The molecule has 146 valence electrons. The normalized spacial score (nSPS) is 28.0. The van der Waals surface area contributed by atoms with Crippen LogP contribution in [0, 0.1) is 11.8 Å². The Morgan fingerprint density at radius 1 is 1.16 bits per heavy atom. The number of nitrogens with zero attached hydrogens (tertiary/aromatic N) is 4. The lowest BCUT2D eigenvalue weighted by Crippen LogP contribution is -2.49. The van der Waals surface area contributed by atoms with E-state index in [-0.39, 0.29) is 0 Å². The van der Waals surface area contributed by atoms with Crippen molar-refractivity contribution in [2.24, 2.45) is 16.8 Å². The second-order valence-electron chi connectivity index (χ2n) is 8.39. The minimum absolute atomic E-state index is 0.520. The Bertz CT molecular complexity index is 395. The molecule has 1 unspecified atom stereocenters. The smallest absolute Gasteiger partial charge is 0.193 e. The molecule has 2 aliphatic rings. The lowest BCUT2D eigenvalue weighted by molar-refractivity contribution is 0.122. The zero-order valence-electron chi connectivity index (χ0n) is 17.3. The standard InChI is InChI=1S/C20H41N5/c1-6-21-20(24(5)16-19-9-7-17(2)8-10-19)22-15-18(3)25-13-11-23(4)12-14-25/h17-19H,6-16H2,1-5H3,(H,21,22). The highest BCUT2D eigenvalue weighted by molar-refractivity contribution is 5.79. The quantitative estimate of drug-likeness (QED) is 0.588. The van der Waals surface area contributed by atoms with E-state index in [2.05, 4.69) is 54.9 Å². The topological polar surface area (TPSA) is 34.1 Å². The fourth-order valence-corrected chi connectivity index (χ4v) is 4.05. The van der Waals surface area contributed by atoms with E-state index < -0.39 is 0 Å². The van der Waals surface area contributed by atoms with Crippen LogP contribution in [0.3, 0.4) is 0 Å². The molecule has 2 rings (SSSR count). The lowest BCUT2D eigenvalue weighted by atomic mass is 9.83. The van der Waals surface area contributed by atoms with E-state index in [1.54, 1.807) is 0 Å². The summed E-state index contributed by atoms with van der Waals surface area (Å²) in [4.78, 5) is 12.3. The molecular formula is C20H41N5. The van der Waals surface area contributed by atoms with Gasteiger partial charge < -0.3 is 15.1 Å². The van der Waals surface area contributed by atoms with E-state index >= 15 is 0 Å². The Labute approximate surface area is 155 Å². The van der Waals surface area contributed by atoms with E-state index in [4.69, 9.17) is 4.99 Å². The summed E-state index contributed by atoms with van der Waals surface area (Å²) in [5, 5.41) is 3.50. The summed E-state index contributed by atoms with van der Waals surface area (Å²) in [7, 11) is 4.42. The minimum Gasteiger partial charge on any atom is -0.357 e. The zero-order chi connectivity index (χ0) is 18.2. The summed E-state index contributed by atoms with van der Waals surface area (Å²) < 4.78 is 0. The van der Waals surface area contributed by atoms with E-state index in [9.17, 15) is 0 Å². The summed E-state index contributed by atoms with van der Waals surface area (Å²) in [6.45, 7) is 14.5. The van der Waals surface area contributed by atoms with Gasteiger partial charge in [-0.2, -0.15) is 0 Å². The van der Waals surface area contributed by atoms with Crippen LogP contribution in [0.25, 0.3) is 0 Å². The van der Waals surface area contributed by atoms with Gasteiger partial charge in [0.1, 0.15) is 0 Å². The molecule has 0 aromatic rings. The number of likely N-dealkylation sites (N-methyl/N-ethyl adjacent to an activating group) is 1. The molecule has 2 fully saturated rings. The molecule has 0 aromatic heterocycles. The summed E-state index contributed by atoms with van der Waals surface area (Å²) in [5.74, 6) is 2.84. The van der Waals surface area contributed by atoms with Gasteiger partial charge in [0.15, 0.2) is 5.96 Å². The summed E-state index contributed by atoms with van der Waals surface area (Å²) in [6, 6.07) is 0.520. The van der Waals surface area contributed by atoms with Gasteiger partial charge in [0.25, 0.3) is 0 Å². The van der Waals surface area contributed by atoms with Crippen molar-refractivity contribution < 1.29 is 0 Å². The molecule has 1 aliphatic heterocycles. The van der Waals surface area contributed by atoms with E-state index in [1.165, 1.54) is 51.9 Å². The monoisotopic (exact) mass is 351 g/mol. The van der Waals surface area contributed by atoms with Crippen LogP contribution in [0.4, 0.5) is 0 Å². The third-order valence-corrected chi connectivity index (χ3v) is 6.03. The average Bonchev–Trinajstić information content (AvgIpc) is 2.60. The van der Waals surface area contributed by atoms with Crippen LogP contribution in [0.15, 0.2) is 4.99 Å². The van der Waals surface area contributed by atoms with Crippen LogP contribution in [-0.4, -0.2) is 86.6 Å². The van der Waals surface area contributed by atoms with E-state index in [1.807, 2.05) is 0 Å². The van der Waals surface area contributed by atoms with Crippen molar-refractivity contribution in [2.45, 2.75) is 52.5 Å². The van der Waals surface area contributed by atoms with Gasteiger partial charge in [0, 0.05) is 52.4 Å². The van der Waals surface area contributed by atoms with Crippen LogP contribution in [0.1, 0.15) is 46.5 Å². The molecule has 1 saturated carbocycles. The van der Waals surface area contributed by atoms with Gasteiger partial charge in [-0.05, 0) is 45.6 Å². The second-order valence-corrected chi connectivity index (χ2v) is 8.39. The molecule has 1 heterocycles. The Hall–Kier alpha value is -0.810. The van der Waals surface area contributed by atoms with Crippen LogP contribution in [-0.2, 0) is 0 Å². The third kappa shape index (κ3) is 6.78. The van der Waals surface area contributed by atoms with Gasteiger partial charge in [-0.1, -0.05) is 19.8 Å². The SMILES string of the molecule is CCNC(=NCC(C)N1CCN(C)CC1)N(C)CC1CCC(C)CC1. The van der Waals surface area contributed by atoms with Crippen LogP contribution < -0.4 is 5.32 Å². The Morgan fingerprint density at radius 2 is 1.80 bits per heavy atom. The van der Waals surface area contributed by atoms with Gasteiger partial charge in [0.2, 0.25) is 0 Å². The zero-order valence-corrected chi connectivity index (χ0v) is 17.3. The summed E-state index contributed by atoms with van der Waals surface area (Å²) in [6.07, 6.45) is 5.55. The highest BCUT2D eigenvalue weighted by Crippen LogP contribution is 2.28. The molecule has 0 spiro atoms. The maximum atomic E-state index is 4.96. The number of hydrogen-bond donors (Lipinski definition) is 1. The van der Waals surface area contributed by atoms with Crippen molar-refractivity contribution in [3.8, 4) is 0 Å². The van der Waals surface area contributed by atoms with Crippen molar-refractivity contribution in [1.29, 1.82) is 0 Å². The molecule has 0 aromatic carbocycles. The third-order valence-electron chi connectivity index (χ3n) is 6.03. The van der Waals surface area contributed by atoms with Crippen molar-refractivity contribution >= 4 is 5.96 Å². The van der Waals surface area contributed by atoms with Crippen molar-refractivity contribution in [1.82, 2.24) is 20.0 Å². The molecule has 25 heavy (non-hydrogen) atoms. The first-order valence-corrected chi connectivity index (χ1v) is 10.4. The molecule has 0 radical (unpaired) electrons. The Morgan fingerprint density at radius 3 is 2.40 bits per heavy atom. The highest BCUT2D eigenvalue weighted by Gasteiger charge is 2.22. The number of guanidine groups is 1. The molecule has 1 aliphatic carbocycles. The predicted molar refractivity (Wildman–Crippen MR) is 108 cm³/mol. The molecule has 5 heteroatoms. The van der Waals surface area contributed by atoms with Gasteiger partial charge in [-0.3, -0.25) is 9.89 Å². The maximum Gasteiger partial charge on any atom is 0.193 e. The van der Waals surface area contributed by atoms with Gasteiger partial charge in [-0.25, -0.2) is 0 Å². The molecule has 5 nitrogen and oxygen atoms in total. The van der Waals surface area contributed by atoms with Crippen LogP contribution >= 0.6 is 0 Å². The first kappa shape index (κ1) is 20.5. The largest absolute Gasteiger partial charge is 0.357 e. The van der Waals surface area contributed by atoms with Crippen LogP contribution in [0.2, 0.25) is 0 Å².